The lowest BCUT2D eigenvalue weighted by molar-refractivity contribution is 0.180. The normalized spacial score (nSPS) is 17.2. The highest BCUT2D eigenvalue weighted by Crippen LogP contribution is 2.20. The summed E-state index contributed by atoms with van der Waals surface area (Å²) >= 11 is 7.52. The van der Waals surface area contributed by atoms with Crippen molar-refractivity contribution < 1.29 is 8.42 Å². The standard InChI is InChI=1S/C16H20ClN3O2S2/c1-2-16-18-14(12-23-16)11-19-7-9-20(10-8-19)24(21,22)15-5-3-13(17)4-6-15/h3-6,12H,2,7-11H2,1H3. The number of halogens is 1. The minimum absolute atomic E-state index is 0.299. The summed E-state index contributed by atoms with van der Waals surface area (Å²) in [5.41, 5.74) is 1.07. The maximum atomic E-state index is 12.7. The number of nitrogens with zero attached hydrogens (tertiary/aromatic N) is 3. The molecule has 0 bridgehead atoms. The van der Waals surface area contributed by atoms with Crippen LogP contribution >= 0.6 is 22.9 Å². The van der Waals surface area contributed by atoms with Crippen LogP contribution < -0.4 is 0 Å². The van der Waals surface area contributed by atoms with E-state index in [1.165, 1.54) is 0 Å². The lowest BCUT2D eigenvalue weighted by atomic mass is 10.3. The molecule has 0 saturated carbocycles. The van der Waals surface area contributed by atoms with Crippen LogP contribution in [0.5, 0.6) is 0 Å². The molecule has 0 unspecified atom stereocenters. The molecule has 130 valence electrons. The van der Waals surface area contributed by atoms with Crippen molar-refractivity contribution in [1.82, 2.24) is 14.2 Å². The molecule has 0 aliphatic carbocycles. The van der Waals surface area contributed by atoms with Crippen LogP contribution in [-0.2, 0) is 23.0 Å². The number of sulfonamides is 1. The first-order valence-corrected chi connectivity index (χ1v) is 10.6. The molecule has 5 nitrogen and oxygen atoms in total. The van der Waals surface area contributed by atoms with E-state index in [4.69, 9.17) is 11.6 Å². The zero-order valence-electron chi connectivity index (χ0n) is 13.5. The molecule has 3 rings (SSSR count). The Morgan fingerprint density at radius 1 is 1.17 bits per heavy atom. The topological polar surface area (TPSA) is 53.5 Å². The minimum Gasteiger partial charge on any atom is -0.295 e. The zero-order chi connectivity index (χ0) is 17.2. The molecule has 1 aromatic heterocycles. The lowest BCUT2D eigenvalue weighted by Gasteiger charge is -2.33. The van der Waals surface area contributed by atoms with Gasteiger partial charge < -0.3 is 0 Å². The SMILES string of the molecule is CCc1nc(CN2CCN(S(=O)(=O)c3ccc(Cl)cc3)CC2)cs1. The van der Waals surface area contributed by atoms with Crippen LogP contribution in [-0.4, -0.2) is 48.8 Å². The number of thiazole rings is 1. The van der Waals surface area contributed by atoms with Crippen LogP contribution in [0.4, 0.5) is 0 Å². The molecule has 0 radical (unpaired) electrons. The molecular formula is C16H20ClN3O2S2. The number of aryl methyl sites for hydroxylation is 1. The van der Waals surface area contributed by atoms with Crippen molar-refractivity contribution in [3.05, 3.63) is 45.4 Å². The molecule has 0 spiro atoms. The van der Waals surface area contributed by atoms with Gasteiger partial charge in [-0.15, -0.1) is 11.3 Å². The van der Waals surface area contributed by atoms with Gasteiger partial charge in [-0.2, -0.15) is 4.31 Å². The van der Waals surface area contributed by atoms with Crippen molar-refractivity contribution in [1.29, 1.82) is 0 Å². The first-order valence-electron chi connectivity index (χ1n) is 7.90. The summed E-state index contributed by atoms with van der Waals surface area (Å²) in [5.74, 6) is 0. The summed E-state index contributed by atoms with van der Waals surface area (Å²) in [5, 5.41) is 3.78. The molecule has 2 heterocycles. The number of hydrogen-bond acceptors (Lipinski definition) is 5. The molecule has 8 heteroatoms. The molecule has 0 amide bonds. The largest absolute Gasteiger partial charge is 0.295 e. The number of aromatic nitrogens is 1. The van der Waals surface area contributed by atoms with Crippen LogP contribution in [0, 0.1) is 0 Å². The van der Waals surface area contributed by atoms with E-state index in [9.17, 15) is 8.42 Å². The number of benzene rings is 1. The highest BCUT2D eigenvalue weighted by Gasteiger charge is 2.28. The van der Waals surface area contributed by atoms with E-state index in [1.54, 1.807) is 39.9 Å². The van der Waals surface area contributed by atoms with Crippen molar-refractivity contribution >= 4 is 33.0 Å². The Kier molecular flexibility index (Phi) is 5.56. The second kappa shape index (κ2) is 7.49. The molecule has 1 fully saturated rings. The third-order valence-corrected chi connectivity index (χ3v) is 7.28. The van der Waals surface area contributed by atoms with Crippen molar-refractivity contribution in [2.45, 2.75) is 24.8 Å². The summed E-state index contributed by atoms with van der Waals surface area (Å²) in [6, 6.07) is 6.34. The van der Waals surface area contributed by atoms with Crippen LogP contribution in [0.1, 0.15) is 17.6 Å². The highest BCUT2D eigenvalue weighted by molar-refractivity contribution is 7.89. The van der Waals surface area contributed by atoms with Gasteiger partial charge in [0.05, 0.1) is 15.6 Å². The molecule has 1 aromatic carbocycles. The summed E-state index contributed by atoms with van der Waals surface area (Å²) in [6.45, 7) is 5.30. The number of rotatable bonds is 5. The molecule has 24 heavy (non-hydrogen) atoms. The van der Waals surface area contributed by atoms with E-state index >= 15 is 0 Å². The smallest absolute Gasteiger partial charge is 0.243 e. The van der Waals surface area contributed by atoms with Crippen molar-refractivity contribution in [3.8, 4) is 0 Å². The average molecular weight is 386 g/mol. The maximum absolute atomic E-state index is 12.7. The number of piperazine rings is 1. The summed E-state index contributed by atoms with van der Waals surface area (Å²) in [7, 11) is -3.44. The van der Waals surface area contributed by atoms with Gasteiger partial charge in [0.2, 0.25) is 10.0 Å². The summed E-state index contributed by atoms with van der Waals surface area (Å²) < 4.78 is 26.9. The van der Waals surface area contributed by atoms with Gasteiger partial charge in [0.25, 0.3) is 0 Å². The second-order valence-corrected chi connectivity index (χ2v) is 9.04. The van der Waals surface area contributed by atoms with E-state index in [1.807, 2.05) is 0 Å². The van der Waals surface area contributed by atoms with E-state index in [0.29, 0.717) is 36.1 Å². The fourth-order valence-corrected chi connectivity index (χ4v) is 4.98. The Morgan fingerprint density at radius 3 is 2.42 bits per heavy atom. The van der Waals surface area contributed by atoms with Crippen LogP contribution in [0.15, 0.2) is 34.5 Å². The molecular weight excluding hydrogens is 366 g/mol. The second-order valence-electron chi connectivity index (χ2n) is 5.72. The fraction of sp³-hybridized carbons (Fsp3) is 0.438. The van der Waals surface area contributed by atoms with Gasteiger partial charge in [-0.05, 0) is 30.7 Å². The molecule has 2 aromatic rings. The van der Waals surface area contributed by atoms with Crippen LogP contribution in [0.3, 0.4) is 0 Å². The van der Waals surface area contributed by atoms with Crippen molar-refractivity contribution in [2.75, 3.05) is 26.2 Å². The van der Waals surface area contributed by atoms with Gasteiger partial charge in [0, 0.05) is 43.1 Å². The molecule has 1 saturated heterocycles. The zero-order valence-corrected chi connectivity index (χ0v) is 15.9. The van der Waals surface area contributed by atoms with Crippen LogP contribution in [0.2, 0.25) is 5.02 Å². The lowest BCUT2D eigenvalue weighted by Crippen LogP contribution is -2.48. The third kappa shape index (κ3) is 3.97. The maximum Gasteiger partial charge on any atom is 0.243 e. The Bertz CT molecular complexity index is 782. The Hall–Kier alpha value is -0.990. The van der Waals surface area contributed by atoms with Gasteiger partial charge in [-0.25, -0.2) is 13.4 Å². The van der Waals surface area contributed by atoms with Crippen molar-refractivity contribution in [3.63, 3.8) is 0 Å². The Labute approximate surface area is 151 Å². The van der Waals surface area contributed by atoms with Gasteiger partial charge in [-0.3, -0.25) is 4.90 Å². The molecule has 1 aliphatic rings. The highest BCUT2D eigenvalue weighted by atomic mass is 35.5. The first-order chi connectivity index (χ1) is 11.5. The van der Waals surface area contributed by atoms with Gasteiger partial charge in [0.1, 0.15) is 0 Å². The Balaban J connectivity index is 1.60. The van der Waals surface area contributed by atoms with E-state index in [0.717, 1.165) is 23.7 Å². The molecule has 0 N–H and O–H groups in total. The summed E-state index contributed by atoms with van der Waals surface area (Å²) in [4.78, 5) is 7.13. The third-order valence-electron chi connectivity index (χ3n) is 4.07. The van der Waals surface area contributed by atoms with Gasteiger partial charge >= 0.3 is 0 Å². The quantitative estimate of drug-likeness (QED) is 0.794. The minimum atomic E-state index is -3.44. The van der Waals surface area contributed by atoms with Gasteiger partial charge in [0.15, 0.2) is 0 Å². The van der Waals surface area contributed by atoms with Gasteiger partial charge in [-0.1, -0.05) is 18.5 Å². The first kappa shape index (κ1) is 17.8. The monoisotopic (exact) mass is 385 g/mol. The molecule has 0 atom stereocenters. The number of hydrogen-bond donors (Lipinski definition) is 0. The van der Waals surface area contributed by atoms with Crippen LogP contribution in [0.25, 0.3) is 0 Å². The summed E-state index contributed by atoms with van der Waals surface area (Å²) in [6.07, 6.45) is 0.956. The van der Waals surface area contributed by atoms with Crippen molar-refractivity contribution in [2.24, 2.45) is 0 Å². The predicted molar refractivity (Wildman–Crippen MR) is 97.0 cm³/mol. The van der Waals surface area contributed by atoms with E-state index in [-0.39, 0.29) is 0 Å². The Morgan fingerprint density at radius 2 is 1.83 bits per heavy atom. The van der Waals surface area contributed by atoms with E-state index in [2.05, 4.69) is 22.2 Å². The fourth-order valence-electron chi connectivity index (χ4n) is 2.70. The van der Waals surface area contributed by atoms with E-state index < -0.39 is 10.0 Å². The average Bonchev–Trinajstić information content (AvgIpc) is 3.03. The predicted octanol–water partition coefficient (Wildman–Crippen LogP) is 2.87. The molecule has 1 aliphatic heterocycles.